The van der Waals surface area contributed by atoms with E-state index in [0.29, 0.717) is 19.7 Å². The van der Waals surface area contributed by atoms with E-state index in [0.717, 1.165) is 24.9 Å². The second kappa shape index (κ2) is 9.12. The van der Waals surface area contributed by atoms with Gasteiger partial charge in [-0.25, -0.2) is 13.1 Å². The zero-order valence-electron chi connectivity index (χ0n) is 13.9. The smallest absolute Gasteiger partial charge is 0.240 e. The van der Waals surface area contributed by atoms with E-state index in [-0.39, 0.29) is 23.3 Å². The Bertz CT molecular complexity index is 642. The van der Waals surface area contributed by atoms with Gasteiger partial charge in [-0.05, 0) is 37.1 Å². The van der Waals surface area contributed by atoms with Crippen LogP contribution in [0.1, 0.15) is 18.4 Å². The van der Waals surface area contributed by atoms with Gasteiger partial charge in [-0.1, -0.05) is 12.1 Å². The minimum Gasteiger partial charge on any atom is -0.383 e. The predicted octanol–water partition coefficient (Wildman–Crippen LogP) is 0.227. The van der Waals surface area contributed by atoms with Crippen molar-refractivity contribution < 1.29 is 17.9 Å². The average molecular weight is 355 g/mol. The highest BCUT2D eigenvalue weighted by Crippen LogP contribution is 2.13. The third-order valence-corrected chi connectivity index (χ3v) is 5.40. The number of amides is 1. The monoisotopic (exact) mass is 355 g/mol. The number of hydrogen-bond donors (Lipinski definition) is 3. The summed E-state index contributed by atoms with van der Waals surface area (Å²) in [5, 5.41) is 6.09. The maximum absolute atomic E-state index is 12.2. The molecule has 3 N–H and O–H groups in total. The molecular weight excluding hydrogens is 330 g/mol. The maximum atomic E-state index is 12.2. The van der Waals surface area contributed by atoms with E-state index in [9.17, 15) is 13.2 Å². The van der Waals surface area contributed by atoms with Crippen LogP contribution in [-0.4, -0.2) is 47.7 Å². The lowest BCUT2D eigenvalue weighted by Crippen LogP contribution is -2.40. The molecular formula is C16H25N3O4S. The van der Waals surface area contributed by atoms with Crippen LogP contribution in [0.15, 0.2) is 29.2 Å². The van der Waals surface area contributed by atoms with Crippen molar-refractivity contribution >= 4 is 15.9 Å². The fourth-order valence-electron chi connectivity index (χ4n) is 2.59. The summed E-state index contributed by atoms with van der Waals surface area (Å²) in [5.74, 6) is -0.00458. The predicted molar refractivity (Wildman–Crippen MR) is 90.9 cm³/mol. The Morgan fingerprint density at radius 3 is 2.96 bits per heavy atom. The average Bonchev–Trinajstić information content (AvgIpc) is 2.61. The summed E-state index contributed by atoms with van der Waals surface area (Å²) in [4.78, 5) is 12.3. The standard InChI is InChI=1S/C16H25N3O4S/c1-23-9-8-19-24(21,22)15-6-2-4-13(10-15)11-18-16(20)14-5-3-7-17-12-14/h2,4,6,10,14,17,19H,3,5,7-9,11-12H2,1H3,(H,18,20). The van der Waals surface area contributed by atoms with Gasteiger partial charge in [0.25, 0.3) is 0 Å². The Balaban J connectivity index is 1.93. The fourth-order valence-corrected chi connectivity index (χ4v) is 3.68. The number of methoxy groups -OCH3 is 1. The first-order valence-corrected chi connectivity index (χ1v) is 9.57. The topological polar surface area (TPSA) is 96.5 Å². The lowest BCUT2D eigenvalue weighted by atomic mass is 9.99. The summed E-state index contributed by atoms with van der Waals surface area (Å²) in [6.07, 6.45) is 1.88. The van der Waals surface area contributed by atoms with Gasteiger partial charge in [0.1, 0.15) is 0 Å². The summed E-state index contributed by atoms with van der Waals surface area (Å²) in [7, 11) is -2.05. The van der Waals surface area contributed by atoms with Crippen LogP contribution in [0, 0.1) is 5.92 Å². The molecule has 1 saturated heterocycles. The molecule has 0 radical (unpaired) electrons. The van der Waals surface area contributed by atoms with E-state index in [1.54, 1.807) is 18.2 Å². The molecule has 1 unspecified atom stereocenters. The minimum absolute atomic E-state index is 0.00804. The van der Waals surface area contributed by atoms with Crippen LogP contribution in [0.2, 0.25) is 0 Å². The van der Waals surface area contributed by atoms with Gasteiger partial charge in [0.05, 0.1) is 17.4 Å². The van der Waals surface area contributed by atoms with Gasteiger partial charge in [0.15, 0.2) is 0 Å². The minimum atomic E-state index is -3.57. The van der Waals surface area contributed by atoms with E-state index < -0.39 is 10.0 Å². The van der Waals surface area contributed by atoms with E-state index in [2.05, 4.69) is 15.4 Å². The molecule has 1 atom stereocenters. The van der Waals surface area contributed by atoms with Gasteiger partial charge >= 0.3 is 0 Å². The van der Waals surface area contributed by atoms with Gasteiger partial charge in [-0.15, -0.1) is 0 Å². The molecule has 1 aromatic carbocycles. The SMILES string of the molecule is COCCNS(=O)(=O)c1cccc(CNC(=O)C2CCCNC2)c1. The first kappa shape index (κ1) is 18.9. The molecule has 0 aliphatic carbocycles. The molecule has 1 aliphatic heterocycles. The Morgan fingerprint density at radius 2 is 2.25 bits per heavy atom. The van der Waals surface area contributed by atoms with Crippen molar-refractivity contribution in [2.45, 2.75) is 24.3 Å². The summed E-state index contributed by atoms with van der Waals surface area (Å²) < 4.78 is 31.7. The van der Waals surface area contributed by atoms with Gasteiger partial charge < -0.3 is 15.4 Å². The largest absolute Gasteiger partial charge is 0.383 e. The second-order valence-corrected chi connectivity index (χ2v) is 7.57. The molecule has 8 heteroatoms. The molecule has 1 amide bonds. The summed E-state index contributed by atoms with van der Waals surface area (Å²) >= 11 is 0. The second-order valence-electron chi connectivity index (χ2n) is 5.80. The van der Waals surface area contributed by atoms with Crippen molar-refractivity contribution in [3.8, 4) is 0 Å². The van der Waals surface area contributed by atoms with E-state index in [1.165, 1.54) is 13.2 Å². The maximum Gasteiger partial charge on any atom is 0.240 e. The number of benzene rings is 1. The molecule has 134 valence electrons. The number of nitrogens with one attached hydrogen (secondary N) is 3. The summed E-state index contributed by atoms with van der Waals surface area (Å²) in [6.45, 7) is 2.50. The van der Waals surface area contributed by atoms with Crippen LogP contribution >= 0.6 is 0 Å². The highest BCUT2D eigenvalue weighted by atomic mass is 32.2. The Morgan fingerprint density at radius 1 is 1.42 bits per heavy atom. The molecule has 1 aliphatic rings. The zero-order chi connectivity index (χ0) is 17.4. The molecule has 1 fully saturated rings. The Labute approximate surface area is 143 Å². The lowest BCUT2D eigenvalue weighted by molar-refractivity contribution is -0.125. The molecule has 0 bridgehead atoms. The molecule has 0 spiro atoms. The van der Waals surface area contributed by atoms with Gasteiger partial charge in [0, 0.05) is 26.7 Å². The summed E-state index contributed by atoms with van der Waals surface area (Å²) in [6, 6.07) is 6.59. The molecule has 7 nitrogen and oxygen atoms in total. The number of carbonyl (C=O) groups is 1. The van der Waals surface area contributed by atoms with Gasteiger partial charge in [-0.3, -0.25) is 4.79 Å². The molecule has 24 heavy (non-hydrogen) atoms. The molecule has 1 heterocycles. The van der Waals surface area contributed by atoms with Gasteiger partial charge in [0.2, 0.25) is 15.9 Å². The lowest BCUT2D eigenvalue weighted by Gasteiger charge is -2.21. The van der Waals surface area contributed by atoms with Crippen molar-refractivity contribution in [3.63, 3.8) is 0 Å². The van der Waals surface area contributed by atoms with Crippen molar-refractivity contribution in [2.75, 3.05) is 33.4 Å². The quantitative estimate of drug-likeness (QED) is 0.580. The van der Waals surface area contributed by atoms with E-state index in [1.807, 2.05) is 0 Å². The highest BCUT2D eigenvalue weighted by Gasteiger charge is 2.20. The number of hydrogen-bond acceptors (Lipinski definition) is 5. The number of piperidine rings is 1. The van der Waals surface area contributed by atoms with E-state index in [4.69, 9.17) is 4.74 Å². The number of rotatable bonds is 8. The number of ether oxygens (including phenoxy) is 1. The Kier molecular flexibility index (Phi) is 7.16. The van der Waals surface area contributed by atoms with Crippen LogP contribution in [0.25, 0.3) is 0 Å². The molecule has 0 saturated carbocycles. The summed E-state index contributed by atoms with van der Waals surface area (Å²) in [5.41, 5.74) is 0.752. The van der Waals surface area contributed by atoms with E-state index >= 15 is 0 Å². The molecule has 1 aromatic rings. The molecule has 2 rings (SSSR count). The number of sulfonamides is 1. The van der Waals surface area contributed by atoms with Crippen LogP contribution in [0.4, 0.5) is 0 Å². The van der Waals surface area contributed by atoms with Crippen LogP contribution in [0.3, 0.4) is 0 Å². The fraction of sp³-hybridized carbons (Fsp3) is 0.562. The van der Waals surface area contributed by atoms with Gasteiger partial charge in [-0.2, -0.15) is 0 Å². The zero-order valence-corrected chi connectivity index (χ0v) is 14.7. The number of carbonyl (C=O) groups excluding carboxylic acids is 1. The van der Waals surface area contributed by atoms with Crippen molar-refractivity contribution in [1.82, 2.24) is 15.4 Å². The van der Waals surface area contributed by atoms with Crippen LogP contribution in [-0.2, 0) is 26.1 Å². The van der Waals surface area contributed by atoms with Crippen molar-refractivity contribution in [2.24, 2.45) is 5.92 Å². The van der Waals surface area contributed by atoms with Crippen molar-refractivity contribution in [3.05, 3.63) is 29.8 Å². The van der Waals surface area contributed by atoms with Crippen LogP contribution in [0.5, 0.6) is 0 Å². The normalized spacial score (nSPS) is 18.3. The first-order valence-electron chi connectivity index (χ1n) is 8.09. The molecule has 0 aromatic heterocycles. The highest BCUT2D eigenvalue weighted by molar-refractivity contribution is 7.89. The Hall–Kier alpha value is -1.48. The third kappa shape index (κ3) is 5.55. The first-order chi connectivity index (χ1) is 11.5. The van der Waals surface area contributed by atoms with Crippen molar-refractivity contribution in [1.29, 1.82) is 0 Å². The van der Waals surface area contributed by atoms with Crippen LogP contribution < -0.4 is 15.4 Å². The third-order valence-electron chi connectivity index (χ3n) is 3.94.